The van der Waals surface area contributed by atoms with E-state index in [0.717, 1.165) is 183 Å². The van der Waals surface area contributed by atoms with E-state index < -0.39 is 0 Å². The van der Waals surface area contributed by atoms with Gasteiger partial charge in [0, 0.05) is 134 Å². The number of furan rings is 2. The van der Waals surface area contributed by atoms with Gasteiger partial charge in [-0.2, -0.15) is 5.26 Å². The smallest absolute Gasteiger partial charge is 0.252 e. The van der Waals surface area contributed by atoms with E-state index in [1.54, 1.807) is 0 Å². The minimum Gasteiger partial charge on any atom is -0.456 e. The molecule has 0 radical (unpaired) electrons. The molecule has 2 aliphatic heterocycles. The minimum atomic E-state index is -0.388. The van der Waals surface area contributed by atoms with Crippen molar-refractivity contribution in [3.63, 3.8) is 0 Å². The van der Waals surface area contributed by atoms with Gasteiger partial charge in [-0.05, 0) is 228 Å². The Balaban J connectivity index is 0.874. The second-order valence-electron chi connectivity index (χ2n) is 38.9. The van der Waals surface area contributed by atoms with E-state index in [1.165, 1.54) is 78.8 Å². The van der Waals surface area contributed by atoms with Gasteiger partial charge in [-0.15, -0.1) is 22.7 Å². The van der Waals surface area contributed by atoms with Crippen LogP contribution in [-0.4, -0.2) is 15.8 Å². The molecule has 2 aliphatic rings. The van der Waals surface area contributed by atoms with E-state index in [2.05, 4.69) is 439 Å². The van der Waals surface area contributed by atoms with Gasteiger partial charge in [-0.1, -0.05) is 275 Å². The SMILES string of the molecule is CC(C)(C)c1cc(-c2cccc3oc4ccccc4c23)c(N2c3ccccc3B3c4ccc(-n5c6ccc(-c7ccccc7)cc6c6cc(C(C)(C)C)ccc65)cc4N(c4c(-c5cccc6oc7ccccc7c56)cccc4-c4cccc5sc6ccccc6c45)c4cc(-n5c6ccc(C#N)cc6c6cc(C(C)(C)C)ccc65)cc2c43)c(-c2cccc3sc4ccccc4c23)c1. The molecule has 6 aromatic heterocycles. The van der Waals surface area contributed by atoms with Crippen LogP contribution in [0.15, 0.2) is 367 Å². The Hall–Kier alpha value is -15.2. The first kappa shape index (κ1) is 76.9. The molecule has 0 fully saturated rings. The van der Waals surface area contributed by atoms with Crippen LogP contribution in [0.25, 0.3) is 195 Å². The summed E-state index contributed by atoms with van der Waals surface area (Å²) in [6, 6.07) is 138. The first-order valence-electron chi connectivity index (χ1n) is 45.4. The molecule has 0 N–H and O–H groups in total. The molecule has 0 spiro atoms. The first-order valence-corrected chi connectivity index (χ1v) is 47.1. The molecule has 0 bridgehead atoms. The van der Waals surface area contributed by atoms with E-state index in [-0.39, 0.29) is 23.0 Å². The lowest BCUT2D eigenvalue weighted by atomic mass is 9.33. The number of rotatable bonds is 9. The molecule has 131 heavy (non-hydrogen) atoms. The van der Waals surface area contributed by atoms with Gasteiger partial charge in [0.05, 0.1) is 50.8 Å². The van der Waals surface area contributed by atoms with Crippen molar-refractivity contribution >= 4 is 208 Å². The molecule has 0 aliphatic carbocycles. The van der Waals surface area contributed by atoms with E-state index >= 15 is 0 Å². The number of benzene rings is 18. The summed E-state index contributed by atoms with van der Waals surface area (Å²) in [5, 5.41) is 24.6. The summed E-state index contributed by atoms with van der Waals surface area (Å²) in [5.74, 6) is 0. The van der Waals surface area contributed by atoms with Crippen LogP contribution in [0.5, 0.6) is 0 Å². The van der Waals surface area contributed by atoms with Crippen LogP contribution in [0.1, 0.15) is 84.6 Å². The van der Waals surface area contributed by atoms with E-state index in [0.29, 0.717) is 5.56 Å². The number of fused-ring (bicyclic) bond motifs is 22. The Labute approximate surface area is 766 Å². The summed E-state index contributed by atoms with van der Waals surface area (Å²) >= 11 is 3.71. The zero-order chi connectivity index (χ0) is 87.9. The fraction of sp³-hybridized carbons (Fsp3) is 0.0992. The zero-order valence-electron chi connectivity index (χ0n) is 74.0. The number of nitriles is 1. The molecule has 0 unspecified atom stereocenters. The lowest BCUT2D eigenvalue weighted by Crippen LogP contribution is -2.61. The number of hydrogen-bond acceptors (Lipinski definition) is 7. The Morgan fingerprint density at radius 1 is 0.275 bits per heavy atom. The molecule has 8 heterocycles. The van der Waals surface area contributed by atoms with E-state index in [4.69, 9.17) is 8.83 Å². The average Bonchev–Trinajstić information content (AvgIpc) is 1.24. The van der Waals surface area contributed by atoms with Crippen molar-refractivity contribution in [2.45, 2.75) is 78.6 Å². The minimum absolute atomic E-state index is 0.135. The predicted molar refractivity (Wildman–Crippen MR) is 557 cm³/mol. The maximum absolute atomic E-state index is 11.1. The number of anilines is 6. The van der Waals surface area contributed by atoms with Gasteiger partial charge in [0.15, 0.2) is 0 Å². The maximum atomic E-state index is 11.1. The number of hydrogen-bond donors (Lipinski definition) is 0. The van der Waals surface area contributed by atoms with Gasteiger partial charge in [0.2, 0.25) is 0 Å². The van der Waals surface area contributed by atoms with Crippen LogP contribution in [0.4, 0.5) is 34.1 Å². The van der Waals surface area contributed by atoms with Gasteiger partial charge in [-0.3, -0.25) is 0 Å². The molecule has 18 aromatic carbocycles. The zero-order valence-corrected chi connectivity index (χ0v) is 75.6. The van der Waals surface area contributed by atoms with Crippen molar-refractivity contribution in [3.8, 4) is 73.1 Å². The third kappa shape index (κ3) is 11.6. The number of aromatic nitrogens is 2. The van der Waals surface area contributed by atoms with Crippen LogP contribution >= 0.6 is 22.7 Å². The van der Waals surface area contributed by atoms with Gasteiger partial charge in [0.25, 0.3) is 6.71 Å². The lowest BCUT2D eigenvalue weighted by molar-refractivity contribution is 0.590. The molecule has 0 amide bonds. The predicted octanol–water partition coefficient (Wildman–Crippen LogP) is 32.6. The third-order valence-electron chi connectivity index (χ3n) is 28.2. The number of thiophene rings is 2. The van der Waals surface area contributed by atoms with Crippen molar-refractivity contribution in [1.29, 1.82) is 5.26 Å². The maximum Gasteiger partial charge on any atom is 0.252 e. The van der Waals surface area contributed by atoms with Gasteiger partial charge in [0.1, 0.15) is 22.3 Å². The Bertz CT molecular complexity index is 8850. The standard InChI is InChI=1S/C121H86BN5O2S2/c1-119(2,3)73-53-59-99-90(62-73)88-60-70(69-123)50-56-96(88)125(99)77-67-102-116-103(68-77)127(117-82(78-34-24-44-106-112(78)84-30-13-19-42-104(84)128-106)38-23-39-83(117)79-36-26-48-110-114(79)86-32-15-21-46-108(86)130-110)101-66-76(124-97-57-51-72(71-28-11-10-12-29-71)61-89(97)91-63-74(120(4,5)6)52-58-98(91)124)54-55-95(101)122(116)94-40-17-18-41-100(94)126(102)118-92(80-35-25-45-107-113(80)85-31-14-20-43-105(85)129-107)64-75(121(7,8)9)65-93(118)81-37-27-49-111-115(81)87-33-16-22-47-109(87)131-111/h10-68H,1-9H3. The van der Waals surface area contributed by atoms with E-state index in [1.807, 2.05) is 28.7 Å². The molecule has 0 saturated heterocycles. The molecule has 7 nitrogen and oxygen atoms in total. The van der Waals surface area contributed by atoms with Crippen LogP contribution in [0, 0.1) is 11.3 Å². The molecule has 622 valence electrons. The molecule has 10 heteroatoms. The highest BCUT2D eigenvalue weighted by atomic mass is 32.1. The van der Waals surface area contributed by atoms with Gasteiger partial charge < -0.3 is 27.8 Å². The monoisotopic (exact) mass is 1720 g/mol. The molecule has 26 rings (SSSR count). The summed E-state index contributed by atoms with van der Waals surface area (Å²) in [6.45, 7) is 20.6. The summed E-state index contributed by atoms with van der Waals surface area (Å²) in [4.78, 5) is 5.45. The van der Waals surface area contributed by atoms with Gasteiger partial charge in [-0.25, -0.2) is 0 Å². The molecule has 0 saturated carbocycles. The van der Waals surface area contributed by atoms with E-state index in [9.17, 15) is 5.26 Å². The second-order valence-corrected chi connectivity index (χ2v) is 41.0. The summed E-state index contributed by atoms with van der Waals surface area (Å²) in [7, 11) is 0. The summed E-state index contributed by atoms with van der Waals surface area (Å²) in [6.07, 6.45) is 0. The molecule has 24 aromatic rings. The van der Waals surface area contributed by atoms with Crippen LogP contribution in [-0.2, 0) is 16.2 Å². The Morgan fingerprint density at radius 3 is 1.26 bits per heavy atom. The van der Waals surface area contributed by atoms with Crippen LogP contribution < -0.4 is 26.2 Å². The fourth-order valence-corrected chi connectivity index (χ4v) is 24.3. The molecular formula is C121H86BN5O2S2. The summed E-state index contributed by atoms with van der Waals surface area (Å²) < 4.78 is 24.1. The summed E-state index contributed by atoms with van der Waals surface area (Å²) in [5.41, 5.74) is 33.7. The topological polar surface area (TPSA) is 66.4 Å². The van der Waals surface area contributed by atoms with Crippen LogP contribution in [0.3, 0.4) is 0 Å². The largest absolute Gasteiger partial charge is 0.456 e. The second kappa shape index (κ2) is 28.4. The Morgan fingerprint density at radius 2 is 0.687 bits per heavy atom. The lowest BCUT2D eigenvalue weighted by Gasteiger charge is -2.46. The normalized spacial score (nSPS) is 13.0. The first-order chi connectivity index (χ1) is 63.8. The van der Waals surface area contributed by atoms with Crippen molar-refractivity contribution in [2.75, 3.05) is 9.80 Å². The fourth-order valence-electron chi connectivity index (χ4n) is 22.0. The van der Waals surface area contributed by atoms with Gasteiger partial charge >= 0.3 is 0 Å². The molecule has 0 atom stereocenters. The van der Waals surface area contributed by atoms with Crippen molar-refractivity contribution < 1.29 is 8.83 Å². The number of para-hydroxylation sites is 4. The van der Waals surface area contributed by atoms with Crippen molar-refractivity contribution in [2.24, 2.45) is 0 Å². The quantitative estimate of drug-likeness (QED) is 0.135. The highest BCUT2D eigenvalue weighted by Crippen LogP contribution is 2.59. The van der Waals surface area contributed by atoms with Crippen molar-refractivity contribution in [1.82, 2.24) is 9.13 Å². The average molecular weight is 1720 g/mol. The number of nitrogens with zero attached hydrogens (tertiary/aromatic N) is 5. The molecular weight excluding hydrogens is 1630 g/mol. The van der Waals surface area contributed by atoms with Crippen LogP contribution in [0.2, 0.25) is 0 Å². The Kier molecular flexibility index (Phi) is 16.7. The highest BCUT2D eigenvalue weighted by molar-refractivity contribution is 7.26. The third-order valence-corrected chi connectivity index (χ3v) is 30.5. The van der Waals surface area contributed by atoms with Crippen molar-refractivity contribution in [3.05, 3.63) is 380 Å². The highest BCUT2D eigenvalue weighted by Gasteiger charge is 2.47.